The highest BCUT2D eigenvalue weighted by atomic mass is 127. The van der Waals surface area contributed by atoms with E-state index in [9.17, 15) is 18.0 Å². The Hall–Kier alpha value is -2.92. The maximum Gasteiger partial charge on any atom is 0.244 e. The number of amides is 2. The molecule has 0 fully saturated rings. The van der Waals surface area contributed by atoms with Crippen molar-refractivity contribution in [1.29, 1.82) is 0 Å². The largest absolute Gasteiger partial charge is 0.352 e. The van der Waals surface area contributed by atoms with E-state index in [1.165, 1.54) is 4.90 Å². The second-order valence-corrected chi connectivity index (χ2v) is 12.4. The van der Waals surface area contributed by atoms with Crippen molar-refractivity contribution in [2.24, 2.45) is 0 Å². The van der Waals surface area contributed by atoms with E-state index < -0.39 is 28.5 Å². The normalized spacial score (nSPS) is 12.8. The van der Waals surface area contributed by atoms with Crippen molar-refractivity contribution in [2.75, 3.05) is 17.1 Å². The number of halogens is 1. The number of sulfonamides is 1. The zero-order chi connectivity index (χ0) is 27.7. The van der Waals surface area contributed by atoms with Crippen LogP contribution in [0.2, 0.25) is 0 Å². The molecule has 38 heavy (non-hydrogen) atoms. The lowest BCUT2D eigenvalue weighted by atomic mass is 10.0. The Balaban J connectivity index is 2.03. The van der Waals surface area contributed by atoms with E-state index >= 15 is 0 Å². The van der Waals surface area contributed by atoms with Crippen LogP contribution in [0, 0.1) is 3.57 Å². The molecule has 2 amide bonds. The van der Waals surface area contributed by atoms with Crippen LogP contribution in [0.1, 0.15) is 31.4 Å². The molecule has 9 heteroatoms. The minimum absolute atomic E-state index is 0.0752. The molecule has 0 radical (unpaired) electrons. The molecule has 0 aromatic heterocycles. The van der Waals surface area contributed by atoms with Gasteiger partial charge in [0.05, 0.1) is 11.9 Å². The Kier molecular flexibility index (Phi) is 10.7. The summed E-state index contributed by atoms with van der Waals surface area (Å²) in [4.78, 5) is 29.1. The molecule has 2 unspecified atom stereocenters. The van der Waals surface area contributed by atoms with Gasteiger partial charge in [0, 0.05) is 22.6 Å². The number of anilines is 1. The second-order valence-electron chi connectivity index (χ2n) is 9.28. The fourth-order valence-corrected chi connectivity index (χ4v) is 5.21. The number of rotatable bonds is 12. The maximum atomic E-state index is 14.0. The summed E-state index contributed by atoms with van der Waals surface area (Å²) >= 11 is 2.14. The zero-order valence-corrected chi connectivity index (χ0v) is 24.9. The van der Waals surface area contributed by atoms with E-state index in [4.69, 9.17) is 0 Å². The smallest absolute Gasteiger partial charge is 0.244 e. The predicted octanol–water partition coefficient (Wildman–Crippen LogP) is 4.61. The van der Waals surface area contributed by atoms with E-state index in [0.717, 1.165) is 31.7 Å². The minimum Gasteiger partial charge on any atom is -0.352 e. The molecule has 0 bridgehead atoms. The lowest BCUT2D eigenvalue weighted by Gasteiger charge is -2.34. The molecule has 0 aliphatic carbocycles. The quantitative estimate of drug-likeness (QED) is 0.291. The molecular formula is C29H34IN3O4S. The van der Waals surface area contributed by atoms with Crippen molar-refractivity contribution in [3.05, 3.63) is 99.6 Å². The summed E-state index contributed by atoms with van der Waals surface area (Å²) in [5.41, 5.74) is 2.14. The number of hydrogen-bond acceptors (Lipinski definition) is 4. The molecular weight excluding hydrogens is 613 g/mol. The number of hydrogen-bond donors (Lipinski definition) is 1. The number of nitrogens with zero attached hydrogens (tertiary/aromatic N) is 2. The first-order chi connectivity index (χ1) is 18.1. The first-order valence-corrected chi connectivity index (χ1v) is 15.4. The van der Waals surface area contributed by atoms with Crippen LogP contribution in [-0.2, 0) is 32.6 Å². The molecule has 0 aliphatic rings. The van der Waals surface area contributed by atoms with Gasteiger partial charge in [0.25, 0.3) is 0 Å². The van der Waals surface area contributed by atoms with E-state index in [-0.39, 0.29) is 18.5 Å². The number of carbonyl (C=O) groups excluding carboxylic acids is 2. The highest BCUT2D eigenvalue weighted by Gasteiger charge is 2.33. The summed E-state index contributed by atoms with van der Waals surface area (Å²) in [7, 11) is -3.78. The third-order valence-electron chi connectivity index (χ3n) is 6.26. The Morgan fingerprint density at radius 2 is 1.45 bits per heavy atom. The number of benzene rings is 3. The lowest BCUT2D eigenvalue weighted by molar-refractivity contribution is -0.140. The summed E-state index contributed by atoms with van der Waals surface area (Å²) in [5, 5.41) is 3.03. The van der Waals surface area contributed by atoms with Crippen molar-refractivity contribution in [3.8, 4) is 0 Å². The van der Waals surface area contributed by atoms with E-state index in [1.807, 2.05) is 74.5 Å². The van der Waals surface area contributed by atoms with Gasteiger partial charge in [-0.05, 0) is 71.3 Å². The number of nitrogens with one attached hydrogen (secondary N) is 1. The molecule has 0 saturated heterocycles. The molecule has 7 nitrogen and oxygen atoms in total. The molecule has 202 valence electrons. The first-order valence-electron chi connectivity index (χ1n) is 12.5. The molecule has 3 rings (SSSR count). The van der Waals surface area contributed by atoms with E-state index in [2.05, 4.69) is 27.9 Å². The van der Waals surface area contributed by atoms with Crippen LogP contribution in [0.25, 0.3) is 0 Å². The van der Waals surface area contributed by atoms with Gasteiger partial charge in [-0.25, -0.2) is 8.42 Å². The highest BCUT2D eigenvalue weighted by molar-refractivity contribution is 14.1. The van der Waals surface area contributed by atoms with E-state index in [1.54, 1.807) is 24.3 Å². The first kappa shape index (κ1) is 29.6. The molecule has 0 heterocycles. The van der Waals surface area contributed by atoms with Crippen molar-refractivity contribution < 1.29 is 18.0 Å². The Morgan fingerprint density at radius 1 is 0.895 bits per heavy atom. The minimum atomic E-state index is -3.78. The molecule has 0 saturated carbocycles. The topological polar surface area (TPSA) is 86.8 Å². The number of carbonyl (C=O) groups is 2. The molecule has 1 N–H and O–H groups in total. The van der Waals surface area contributed by atoms with Crippen LogP contribution >= 0.6 is 22.6 Å². The third-order valence-corrected chi connectivity index (χ3v) is 8.12. The average molecular weight is 648 g/mol. The van der Waals surface area contributed by atoms with Gasteiger partial charge in [0.15, 0.2) is 0 Å². The fourth-order valence-electron chi connectivity index (χ4n) is 4.00. The lowest BCUT2D eigenvalue weighted by Crippen LogP contribution is -2.54. The van der Waals surface area contributed by atoms with Gasteiger partial charge in [-0.15, -0.1) is 0 Å². The maximum absolute atomic E-state index is 14.0. The van der Waals surface area contributed by atoms with Crippen molar-refractivity contribution in [1.82, 2.24) is 10.2 Å². The summed E-state index contributed by atoms with van der Waals surface area (Å²) in [6, 6.07) is 25.0. The summed E-state index contributed by atoms with van der Waals surface area (Å²) in [6.45, 7) is 3.64. The van der Waals surface area contributed by atoms with Crippen LogP contribution < -0.4 is 9.62 Å². The zero-order valence-electron chi connectivity index (χ0n) is 21.9. The average Bonchev–Trinajstić information content (AvgIpc) is 2.90. The Labute approximate surface area is 239 Å². The second kappa shape index (κ2) is 13.7. The fraction of sp³-hybridized carbons (Fsp3) is 0.310. The SMILES string of the molecule is CCC(C)NC(=O)C(Cc1ccccc1)N(Cc1ccccc1)C(=O)CN(c1ccc(I)cc1)S(C)(=O)=O. The predicted molar refractivity (Wildman–Crippen MR) is 160 cm³/mol. The summed E-state index contributed by atoms with van der Waals surface area (Å²) in [6.07, 6.45) is 2.12. The molecule has 3 aromatic rings. The van der Waals surface area contributed by atoms with Gasteiger partial charge < -0.3 is 10.2 Å². The monoisotopic (exact) mass is 647 g/mol. The van der Waals surface area contributed by atoms with Gasteiger partial charge in [-0.1, -0.05) is 67.6 Å². The van der Waals surface area contributed by atoms with Gasteiger partial charge in [0.2, 0.25) is 21.8 Å². The Morgan fingerprint density at radius 3 is 1.97 bits per heavy atom. The van der Waals surface area contributed by atoms with Crippen molar-refractivity contribution in [3.63, 3.8) is 0 Å². The highest BCUT2D eigenvalue weighted by Crippen LogP contribution is 2.21. The molecule has 0 aliphatic heterocycles. The van der Waals surface area contributed by atoms with Gasteiger partial charge >= 0.3 is 0 Å². The van der Waals surface area contributed by atoms with Crippen LogP contribution in [-0.4, -0.2) is 50.0 Å². The van der Waals surface area contributed by atoms with E-state index in [0.29, 0.717) is 12.1 Å². The third kappa shape index (κ3) is 8.56. The van der Waals surface area contributed by atoms with Crippen molar-refractivity contribution in [2.45, 2.75) is 45.3 Å². The summed E-state index contributed by atoms with van der Waals surface area (Å²) in [5.74, 6) is -0.731. The molecule has 3 aromatic carbocycles. The van der Waals surface area contributed by atoms with Gasteiger partial charge in [-0.2, -0.15) is 0 Å². The molecule has 2 atom stereocenters. The summed E-state index contributed by atoms with van der Waals surface area (Å²) < 4.78 is 27.6. The molecule has 0 spiro atoms. The van der Waals surface area contributed by atoms with Gasteiger partial charge in [-0.3, -0.25) is 13.9 Å². The van der Waals surface area contributed by atoms with Crippen LogP contribution in [0.5, 0.6) is 0 Å². The Bertz CT molecular complexity index is 1300. The van der Waals surface area contributed by atoms with Gasteiger partial charge in [0.1, 0.15) is 12.6 Å². The van der Waals surface area contributed by atoms with Crippen molar-refractivity contribution >= 4 is 50.1 Å². The van der Waals surface area contributed by atoms with Crippen LogP contribution in [0.4, 0.5) is 5.69 Å². The van der Waals surface area contributed by atoms with Crippen LogP contribution in [0.3, 0.4) is 0 Å². The standard InChI is InChI=1S/C29H34IN3O4S/c1-4-22(2)31-29(35)27(19-23-11-7-5-8-12-23)32(20-24-13-9-6-10-14-24)28(34)21-33(38(3,36)37)26-17-15-25(30)16-18-26/h5-18,22,27H,4,19-21H2,1-3H3,(H,31,35). The van der Waals surface area contributed by atoms with Crippen LogP contribution in [0.15, 0.2) is 84.9 Å².